The predicted octanol–water partition coefficient (Wildman–Crippen LogP) is 1.57. The minimum atomic E-state index is -3.52. The van der Waals surface area contributed by atoms with Gasteiger partial charge in [-0.25, -0.2) is 12.7 Å². The van der Waals surface area contributed by atoms with Crippen LogP contribution in [0.5, 0.6) is 0 Å². The number of carbonyl (C=O) groups excluding carboxylic acids is 1. The standard InChI is InChI=1S/C16H25N3O3S/c1-12-4-6-14(10-15(12)23(21,22)19(2)3)18-16(20)7-5-13-8-9-17-11-13/h4,6,10,13,17H,5,7-9,11H2,1-3H3,(H,18,20). The number of sulfonamides is 1. The molecule has 6 nitrogen and oxygen atoms in total. The van der Waals surface area contributed by atoms with Gasteiger partial charge in [0.15, 0.2) is 0 Å². The second-order valence-corrected chi connectivity index (χ2v) is 8.33. The van der Waals surface area contributed by atoms with E-state index < -0.39 is 10.0 Å². The zero-order chi connectivity index (χ0) is 17.0. The second-order valence-electron chi connectivity index (χ2n) is 6.21. The van der Waals surface area contributed by atoms with E-state index in [0.717, 1.165) is 25.9 Å². The SMILES string of the molecule is Cc1ccc(NC(=O)CCC2CCNC2)cc1S(=O)(=O)N(C)C. The van der Waals surface area contributed by atoms with Crippen LogP contribution in [-0.4, -0.2) is 45.8 Å². The number of hydrogen-bond donors (Lipinski definition) is 2. The number of nitrogens with zero attached hydrogens (tertiary/aromatic N) is 1. The van der Waals surface area contributed by atoms with E-state index in [0.29, 0.717) is 23.6 Å². The molecule has 1 aliphatic heterocycles. The van der Waals surface area contributed by atoms with Gasteiger partial charge in [-0.1, -0.05) is 6.07 Å². The molecule has 0 saturated carbocycles. The number of carbonyl (C=O) groups is 1. The molecule has 1 fully saturated rings. The molecule has 1 aromatic carbocycles. The number of aryl methyl sites for hydroxylation is 1. The monoisotopic (exact) mass is 339 g/mol. The number of rotatable bonds is 6. The predicted molar refractivity (Wildman–Crippen MR) is 90.9 cm³/mol. The van der Waals surface area contributed by atoms with Crippen molar-refractivity contribution in [3.63, 3.8) is 0 Å². The summed E-state index contributed by atoms with van der Waals surface area (Å²) in [4.78, 5) is 12.3. The van der Waals surface area contributed by atoms with Crippen molar-refractivity contribution < 1.29 is 13.2 Å². The Labute approximate surface area is 138 Å². The van der Waals surface area contributed by atoms with Gasteiger partial charge in [-0.2, -0.15) is 0 Å². The molecule has 0 bridgehead atoms. The van der Waals surface area contributed by atoms with Crippen LogP contribution in [0.25, 0.3) is 0 Å². The zero-order valence-electron chi connectivity index (χ0n) is 13.9. The first-order chi connectivity index (χ1) is 10.8. The molecule has 2 rings (SSSR count). The lowest BCUT2D eigenvalue weighted by atomic mass is 10.0. The van der Waals surface area contributed by atoms with Crippen LogP contribution in [0, 0.1) is 12.8 Å². The maximum Gasteiger partial charge on any atom is 0.242 e. The quantitative estimate of drug-likeness (QED) is 0.825. The first-order valence-corrected chi connectivity index (χ1v) is 9.28. The van der Waals surface area contributed by atoms with Gasteiger partial charge < -0.3 is 10.6 Å². The summed E-state index contributed by atoms with van der Waals surface area (Å²) in [5, 5.41) is 6.09. The lowest BCUT2D eigenvalue weighted by molar-refractivity contribution is -0.116. The van der Waals surface area contributed by atoms with Crippen LogP contribution < -0.4 is 10.6 Å². The van der Waals surface area contributed by atoms with Gasteiger partial charge in [-0.05, 0) is 56.5 Å². The van der Waals surface area contributed by atoms with Crippen molar-refractivity contribution in [3.05, 3.63) is 23.8 Å². The molecule has 0 aliphatic carbocycles. The van der Waals surface area contributed by atoms with Crippen LogP contribution in [0.3, 0.4) is 0 Å². The number of hydrogen-bond acceptors (Lipinski definition) is 4. The Morgan fingerprint density at radius 2 is 2.13 bits per heavy atom. The summed E-state index contributed by atoms with van der Waals surface area (Å²) >= 11 is 0. The second kappa shape index (κ2) is 7.42. The van der Waals surface area contributed by atoms with E-state index >= 15 is 0 Å². The minimum Gasteiger partial charge on any atom is -0.326 e. The highest BCUT2D eigenvalue weighted by molar-refractivity contribution is 7.89. The number of benzene rings is 1. The molecule has 1 amide bonds. The van der Waals surface area contributed by atoms with Crippen molar-refractivity contribution in [2.24, 2.45) is 5.92 Å². The fraction of sp³-hybridized carbons (Fsp3) is 0.562. The van der Waals surface area contributed by atoms with Gasteiger partial charge in [0.25, 0.3) is 0 Å². The molecule has 1 heterocycles. The largest absolute Gasteiger partial charge is 0.326 e. The zero-order valence-corrected chi connectivity index (χ0v) is 14.7. The molecule has 128 valence electrons. The van der Waals surface area contributed by atoms with Crippen LogP contribution in [-0.2, 0) is 14.8 Å². The van der Waals surface area contributed by atoms with Crippen molar-refractivity contribution in [2.45, 2.75) is 31.1 Å². The average Bonchev–Trinajstić information content (AvgIpc) is 3.00. The highest BCUT2D eigenvalue weighted by Gasteiger charge is 2.21. The Kier molecular flexibility index (Phi) is 5.78. The number of anilines is 1. The summed E-state index contributed by atoms with van der Waals surface area (Å²) in [7, 11) is -0.526. The van der Waals surface area contributed by atoms with Crippen molar-refractivity contribution >= 4 is 21.6 Å². The molecule has 1 aromatic rings. The first-order valence-electron chi connectivity index (χ1n) is 7.84. The van der Waals surface area contributed by atoms with E-state index in [4.69, 9.17) is 0 Å². The van der Waals surface area contributed by atoms with Crippen molar-refractivity contribution in [1.82, 2.24) is 9.62 Å². The summed E-state index contributed by atoms with van der Waals surface area (Å²) < 4.78 is 25.8. The van der Waals surface area contributed by atoms with E-state index in [2.05, 4.69) is 10.6 Å². The molecule has 0 aromatic heterocycles. The van der Waals surface area contributed by atoms with E-state index in [1.165, 1.54) is 24.5 Å². The highest BCUT2D eigenvalue weighted by atomic mass is 32.2. The van der Waals surface area contributed by atoms with Crippen molar-refractivity contribution in [2.75, 3.05) is 32.5 Å². The third-order valence-electron chi connectivity index (χ3n) is 4.17. The van der Waals surface area contributed by atoms with Gasteiger partial charge in [0, 0.05) is 26.2 Å². The summed E-state index contributed by atoms with van der Waals surface area (Å²) in [6.45, 7) is 3.74. The van der Waals surface area contributed by atoms with E-state index in [1.807, 2.05) is 0 Å². The third-order valence-corrected chi connectivity index (χ3v) is 6.13. The summed E-state index contributed by atoms with van der Waals surface area (Å²) in [5.74, 6) is 0.484. The first kappa shape index (κ1) is 17.9. The van der Waals surface area contributed by atoms with Crippen LogP contribution in [0.4, 0.5) is 5.69 Å². The molecule has 23 heavy (non-hydrogen) atoms. The van der Waals surface area contributed by atoms with Gasteiger partial charge in [0.1, 0.15) is 0 Å². The Morgan fingerprint density at radius 1 is 1.39 bits per heavy atom. The van der Waals surface area contributed by atoms with E-state index in [1.54, 1.807) is 19.1 Å². The molecular weight excluding hydrogens is 314 g/mol. The lowest BCUT2D eigenvalue weighted by Gasteiger charge is -2.15. The molecular formula is C16H25N3O3S. The summed E-state index contributed by atoms with van der Waals surface area (Å²) in [6, 6.07) is 4.98. The Morgan fingerprint density at radius 3 is 2.74 bits per heavy atom. The maximum atomic E-state index is 12.3. The summed E-state index contributed by atoms with van der Waals surface area (Å²) in [5.41, 5.74) is 1.18. The Balaban J connectivity index is 2.04. The highest BCUT2D eigenvalue weighted by Crippen LogP contribution is 2.23. The molecule has 0 radical (unpaired) electrons. The van der Waals surface area contributed by atoms with Gasteiger partial charge in [0.05, 0.1) is 4.90 Å². The number of nitrogens with one attached hydrogen (secondary N) is 2. The fourth-order valence-corrected chi connectivity index (χ4v) is 3.82. The van der Waals surface area contributed by atoms with Gasteiger partial charge in [-0.3, -0.25) is 4.79 Å². The van der Waals surface area contributed by atoms with E-state index in [9.17, 15) is 13.2 Å². The van der Waals surface area contributed by atoms with Crippen LogP contribution in [0.15, 0.2) is 23.1 Å². The van der Waals surface area contributed by atoms with Crippen molar-refractivity contribution in [3.8, 4) is 0 Å². The topological polar surface area (TPSA) is 78.5 Å². The third kappa shape index (κ3) is 4.53. The molecule has 1 saturated heterocycles. The summed E-state index contributed by atoms with van der Waals surface area (Å²) in [6.07, 6.45) is 2.42. The Bertz CT molecular complexity index is 665. The smallest absolute Gasteiger partial charge is 0.242 e. The molecule has 0 spiro atoms. The van der Waals surface area contributed by atoms with Gasteiger partial charge >= 0.3 is 0 Å². The normalized spacial score (nSPS) is 18.3. The molecule has 2 N–H and O–H groups in total. The molecule has 7 heteroatoms. The van der Waals surface area contributed by atoms with Crippen LogP contribution >= 0.6 is 0 Å². The number of amides is 1. The van der Waals surface area contributed by atoms with Crippen LogP contribution in [0.1, 0.15) is 24.8 Å². The van der Waals surface area contributed by atoms with Crippen LogP contribution in [0.2, 0.25) is 0 Å². The van der Waals surface area contributed by atoms with E-state index in [-0.39, 0.29) is 10.8 Å². The van der Waals surface area contributed by atoms with Crippen molar-refractivity contribution in [1.29, 1.82) is 0 Å². The van der Waals surface area contributed by atoms with Gasteiger partial charge in [-0.15, -0.1) is 0 Å². The molecule has 1 aliphatic rings. The fourth-order valence-electron chi connectivity index (χ4n) is 2.67. The van der Waals surface area contributed by atoms with Gasteiger partial charge in [0.2, 0.25) is 15.9 Å². The average molecular weight is 339 g/mol. The lowest BCUT2D eigenvalue weighted by Crippen LogP contribution is -2.23. The molecule has 1 atom stereocenters. The Hall–Kier alpha value is -1.44. The minimum absolute atomic E-state index is 0.0750. The molecule has 1 unspecified atom stereocenters. The maximum absolute atomic E-state index is 12.3.